The number of aryl methyl sites for hydroxylation is 1. The highest BCUT2D eigenvalue weighted by Crippen LogP contribution is 2.41. The molecule has 0 aliphatic heterocycles. The highest BCUT2D eigenvalue weighted by molar-refractivity contribution is 7.89. The monoisotopic (exact) mass is 337 g/mol. The third kappa shape index (κ3) is 3.76. The van der Waals surface area contributed by atoms with Gasteiger partial charge in [0.25, 0.3) is 0 Å². The van der Waals surface area contributed by atoms with E-state index < -0.39 is 26.6 Å². The molecule has 1 atom stereocenters. The first kappa shape index (κ1) is 16.1. The van der Waals surface area contributed by atoms with Gasteiger partial charge in [0, 0.05) is 12.1 Å². The van der Waals surface area contributed by atoms with E-state index in [0.717, 1.165) is 36.1 Å². The quantitative estimate of drug-likeness (QED) is 0.904. The van der Waals surface area contributed by atoms with Gasteiger partial charge in [-0.1, -0.05) is 29.8 Å². The molecule has 0 spiro atoms. The molecule has 1 saturated carbocycles. The Hall–Kier alpha value is -1.79. The SMILES string of the molecule is Cc1ccc([C@@H](NS(=O)(=O)c2cc(F)cc(F)c2)C2CC2)cc1. The molecule has 0 bridgehead atoms. The van der Waals surface area contributed by atoms with Gasteiger partial charge in [0.15, 0.2) is 0 Å². The van der Waals surface area contributed by atoms with Crippen LogP contribution in [0, 0.1) is 24.5 Å². The molecule has 23 heavy (non-hydrogen) atoms. The predicted octanol–water partition coefficient (Wildman–Crippen LogP) is 3.70. The second kappa shape index (κ2) is 6.02. The van der Waals surface area contributed by atoms with E-state index >= 15 is 0 Å². The van der Waals surface area contributed by atoms with Crippen LogP contribution in [-0.4, -0.2) is 8.42 Å². The van der Waals surface area contributed by atoms with Crippen molar-refractivity contribution in [3.63, 3.8) is 0 Å². The first-order valence-corrected chi connectivity index (χ1v) is 8.88. The summed E-state index contributed by atoms with van der Waals surface area (Å²) in [4.78, 5) is -0.396. The lowest BCUT2D eigenvalue weighted by Crippen LogP contribution is -2.30. The van der Waals surface area contributed by atoms with Gasteiger partial charge < -0.3 is 0 Å². The Morgan fingerprint density at radius 1 is 1.04 bits per heavy atom. The van der Waals surface area contributed by atoms with E-state index in [0.29, 0.717) is 6.07 Å². The molecule has 1 N–H and O–H groups in total. The van der Waals surface area contributed by atoms with Crippen LogP contribution < -0.4 is 4.72 Å². The highest BCUT2D eigenvalue weighted by atomic mass is 32.2. The Morgan fingerprint density at radius 3 is 2.13 bits per heavy atom. The lowest BCUT2D eigenvalue weighted by molar-refractivity contribution is 0.524. The Labute approximate surface area is 134 Å². The van der Waals surface area contributed by atoms with Crippen molar-refractivity contribution >= 4 is 10.0 Å². The van der Waals surface area contributed by atoms with Crippen molar-refractivity contribution < 1.29 is 17.2 Å². The second-order valence-electron chi connectivity index (χ2n) is 5.95. The molecule has 1 fully saturated rings. The van der Waals surface area contributed by atoms with Crippen LogP contribution in [0.2, 0.25) is 0 Å². The number of nitrogens with one attached hydrogen (secondary N) is 1. The zero-order valence-electron chi connectivity index (χ0n) is 12.6. The molecular formula is C17H17F2NO2S. The standard InChI is InChI=1S/C17H17F2NO2S/c1-11-2-4-12(5-3-11)17(13-6-7-13)20-23(21,22)16-9-14(18)8-15(19)10-16/h2-5,8-10,13,17,20H,6-7H2,1H3/t17-/m1/s1. The minimum Gasteiger partial charge on any atom is -0.207 e. The molecule has 0 saturated heterocycles. The van der Waals surface area contributed by atoms with Crippen molar-refractivity contribution in [2.75, 3.05) is 0 Å². The third-order valence-corrected chi connectivity index (χ3v) is 5.38. The molecule has 2 aromatic carbocycles. The first-order valence-electron chi connectivity index (χ1n) is 7.40. The zero-order chi connectivity index (χ0) is 16.6. The zero-order valence-corrected chi connectivity index (χ0v) is 13.4. The minimum atomic E-state index is -4.00. The van der Waals surface area contributed by atoms with Crippen LogP contribution in [0.25, 0.3) is 0 Å². The van der Waals surface area contributed by atoms with Gasteiger partial charge in [-0.15, -0.1) is 0 Å². The van der Waals surface area contributed by atoms with Crippen LogP contribution in [0.4, 0.5) is 8.78 Å². The maximum Gasteiger partial charge on any atom is 0.241 e. The number of hydrogen-bond acceptors (Lipinski definition) is 2. The fourth-order valence-electron chi connectivity index (χ4n) is 2.56. The van der Waals surface area contributed by atoms with Crippen LogP contribution >= 0.6 is 0 Å². The Bertz CT molecular complexity index is 795. The molecule has 0 unspecified atom stereocenters. The molecule has 3 nitrogen and oxygen atoms in total. The van der Waals surface area contributed by atoms with Gasteiger partial charge in [0.1, 0.15) is 11.6 Å². The number of hydrogen-bond donors (Lipinski definition) is 1. The Morgan fingerprint density at radius 2 is 1.61 bits per heavy atom. The summed E-state index contributed by atoms with van der Waals surface area (Å²) in [6.45, 7) is 1.95. The largest absolute Gasteiger partial charge is 0.241 e. The van der Waals surface area contributed by atoms with Crippen LogP contribution in [0.1, 0.15) is 30.0 Å². The summed E-state index contributed by atoms with van der Waals surface area (Å²) in [6, 6.07) is 9.51. The van der Waals surface area contributed by atoms with Crippen LogP contribution in [0.15, 0.2) is 47.4 Å². The van der Waals surface area contributed by atoms with Gasteiger partial charge in [0.2, 0.25) is 10.0 Å². The lowest BCUT2D eigenvalue weighted by atomic mass is 10.0. The summed E-state index contributed by atoms with van der Waals surface area (Å²) >= 11 is 0. The summed E-state index contributed by atoms with van der Waals surface area (Å²) < 4.78 is 54.2. The van der Waals surface area contributed by atoms with Crippen molar-refractivity contribution in [3.05, 3.63) is 65.2 Å². The highest BCUT2D eigenvalue weighted by Gasteiger charge is 2.35. The second-order valence-corrected chi connectivity index (χ2v) is 7.67. The summed E-state index contributed by atoms with van der Waals surface area (Å²) in [7, 11) is -4.00. The van der Waals surface area contributed by atoms with Crippen LogP contribution in [0.5, 0.6) is 0 Å². The Balaban J connectivity index is 1.91. The van der Waals surface area contributed by atoms with E-state index in [2.05, 4.69) is 4.72 Å². The summed E-state index contributed by atoms with van der Waals surface area (Å²) in [5, 5.41) is 0. The number of sulfonamides is 1. The van der Waals surface area contributed by atoms with E-state index in [1.165, 1.54) is 0 Å². The predicted molar refractivity (Wildman–Crippen MR) is 83.3 cm³/mol. The van der Waals surface area contributed by atoms with E-state index in [9.17, 15) is 17.2 Å². The van der Waals surface area contributed by atoms with Gasteiger partial charge in [-0.2, -0.15) is 0 Å². The third-order valence-electron chi connectivity index (χ3n) is 3.96. The molecule has 2 aromatic rings. The number of halogens is 2. The molecule has 0 radical (unpaired) electrons. The summed E-state index contributed by atoms with van der Waals surface area (Å²) in [5.41, 5.74) is 1.94. The van der Waals surface area contributed by atoms with E-state index in [1.807, 2.05) is 31.2 Å². The number of rotatable bonds is 5. The Kier molecular flexibility index (Phi) is 4.21. The fourth-order valence-corrected chi connectivity index (χ4v) is 3.89. The van der Waals surface area contributed by atoms with E-state index in [-0.39, 0.29) is 12.0 Å². The van der Waals surface area contributed by atoms with E-state index in [4.69, 9.17) is 0 Å². The average Bonchev–Trinajstić information content (AvgIpc) is 3.29. The molecule has 1 aliphatic carbocycles. The summed E-state index contributed by atoms with van der Waals surface area (Å²) in [6.07, 6.45) is 1.86. The van der Waals surface area contributed by atoms with Gasteiger partial charge in [-0.05, 0) is 43.4 Å². The maximum absolute atomic E-state index is 13.3. The van der Waals surface area contributed by atoms with Gasteiger partial charge >= 0.3 is 0 Å². The van der Waals surface area contributed by atoms with Crippen molar-refractivity contribution in [3.8, 4) is 0 Å². The molecule has 0 amide bonds. The molecular weight excluding hydrogens is 320 g/mol. The first-order chi connectivity index (χ1) is 10.8. The fraction of sp³-hybridized carbons (Fsp3) is 0.294. The molecule has 3 rings (SSSR count). The smallest absolute Gasteiger partial charge is 0.207 e. The van der Waals surface area contributed by atoms with Crippen LogP contribution in [-0.2, 0) is 10.0 Å². The van der Waals surface area contributed by atoms with Gasteiger partial charge in [0.05, 0.1) is 4.90 Å². The maximum atomic E-state index is 13.3. The van der Waals surface area contributed by atoms with Crippen molar-refractivity contribution in [2.45, 2.75) is 30.7 Å². The van der Waals surface area contributed by atoms with E-state index in [1.54, 1.807) is 0 Å². The lowest BCUT2D eigenvalue weighted by Gasteiger charge is -2.19. The molecule has 6 heteroatoms. The topological polar surface area (TPSA) is 46.2 Å². The van der Waals surface area contributed by atoms with Crippen LogP contribution in [0.3, 0.4) is 0 Å². The van der Waals surface area contributed by atoms with Crippen molar-refractivity contribution in [2.24, 2.45) is 5.92 Å². The molecule has 0 heterocycles. The molecule has 122 valence electrons. The van der Waals surface area contributed by atoms with Crippen molar-refractivity contribution in [1.82, 2.24) is 4.72 Å². The van der Waals surface area contributed by atoms with Gasteiger partial charge in [-0.3, -0.25) is 0 Å². The minimum absolute atomic E-state index is 0.214. The average molecular weight is 337 g/mol. The normalized spacial score (nSPS) is 16.3. The molecule has 0 aromatic heterocycles. The molecule has 1 aliphatic rings. The van der Waals surface area contributed by atoms with Gasteiger partial charge in [-0.25, -0.2) is 21.9 Å². The van der Waals surface area contributed by atoms with Crippen molar-refractivity contribution in [1.29, 1.82) is 0 Å². The number of benzene rings is 2. The summed E-state index contributed by atoms with van der Waals surface area (Å²) in [5.74, 6) is -1.61.